The zero-order valence-electron chi connectivity index (χ0n) is 15.4. The minimum atomic E-state index is -3.29. The number of amides is 1. The first-order valence-corrected chi connectivity index (χ1v) is 11.2. The van der Waals surface area contributed by atoms with Crippen LogP contribution in [-0.4, -0.2) is 57.3 Å². The molecule has 2 aromatic heterocycles. The highest BCUT2D eigenvalue weighted by molar-refractivity contribution is 7.88. The summed E-state index contributed by atoms with van der Waals surface area (Å²) in [6, 6.07) is 0. The van der Waals surface area contributed by atoms with Crippen molar-refractivity contribution in [2.45, 2.75) is 32.2 Å². The molecule has 1 fully saturated rings. The predicted octanol–water partition coefficient (Wildman–Crippen LogP) is 0.124. The Balaban J connectivity index is 1.75. The van der Waals surface area contributed by atoms with Gasteiger partial charge in [-0.05, 0) is 19.8 Å². The molecular formula is C15H22N6O4S2. The quantitative estimate of drug-likeness (QED) is 0.742. The number of carbonyl (C=O) groups excluding carboxylic acids is 1. The highest BCUT2D eigenvalue weighted by Crippen LogP contribution is 2.26. The molecule has 1 atom stereocenters. The smallest absolute Gasteiger partial charge is 0.300 e. The molecular weight excluding hydrogens is 392 g/mol. The number of carbonyl (C=O) groups is 1. The van der Waals surface area contributed by atoms with E-state index in [9.17, 15) is 18.0 Å². The van der Waals surface area contributed by atoms with E-state index in [4.69, 9.17) is 0 Å². The number of sulfonamides is 1. The van der Waals surface area contributed by atoms with Gasteiger partial charge in [0, 0.05) is 31.4 Å². The van der Waals surface area contributed by atoms with E-state index >= 15 is 0 Å². The van der Waals surface area contributed by atoms with E-state index in [0.29, 0.717) is 23.9 Å². The fraction of sp³-hybridized carbons (Fsp3) is 0.600. The maximum atomic E-state index is 12.4. The summed E-state index contributed by atoms with van der Waals surface area (Å²) >= 11 is 1.31. The third kappa shape index (κ3) is 4.45. The molecule has 10 nitrogen and oxygen atoms in total. The number of hydrogen-bond donors (Lipinski definition) is 1. The summed E-state index contributed by atoms with van der Waals surface area (Å²) in [4.78, 5) is 28.8. The number of aromatic nitrogens is 4. The van der Waals surface area contributed by atoms with Gasteiger partial charge in [-0.3, -0.25) is 9.36 Å². The Hall–Kier alpha value is -2.05. The van der Waals surface area contributed by atoms with Crippen LogP contribution in [0.5, 0.6) is 0 Å². The minimum absolute atomic E-state index is 0.183. The van der Waals surface area contributed by atoms with Crippen molar-refractivity contribution in [2.24, 2.45) is 7.05 Å². The first-order chi connectivity index (χ1) is 12.6. The highest BCUT2D eigenvalue weighted by Gasteiger charge is 2.30. The predicted molar refractivity (Wildman–Crippen MR) is 101 cm³/mol. The van der Waals surface area contributed by atoms with Crippen LogP contribution in [0.2, 0.25) is 0 Å². The number of piperidine rings is 1. The molecule has 0 bridgehead atoms. The zero-order chi connectivity index (χ0) is 19.8. The standard InChI is InChI=1S/C15H22N6O4S2/c1-10-9-26-14(16-10)17-12(22)8-21-15(23)19(2)13(18-21)11-5-4-6-20(7-11)27(3,24)25/h9,11H,4-8H2,1-3H3,(H,16,17,22). The fourth-order valence-corrected chi connectivity index (χ4v) is 4.74. The summed E-state index contributed by atoms with van der Waals surface area (Å²) in [6.07, 6.45) is 2.61. The Morgan fingerprint density at radius 1 is 1.44 bits per heavy atom. The van der Waals surface area contributed by atoms with E-state index in [1.54, 1.807) is 7.05 Å². The monoisotopic (exact) mass is 414 g/mol. The minimum Gasteiger partial charge on any atom is -0.300 e. The molecule has 3 rings (SSSR count). The topological polar surface area (TPSA) is 119 Å². The van der Waals surface area contributed by atoms with Gasteiger partial charge in [0.2, 0.25) is 15.9 Å². The van der Waals surface area contributed by atoms with Crippen LogP contribution in [0.25, 0.3) is 0 Å². The largest absolute Gasteiger partial charge is 0.346 e. The second kappa shape index (κ2) is 7.52. The van der Waals surface area contributed by atoms with Crippen molar-refractivity contribution in [3.05, 3.63) is 27.4 Å². The van der Waals surface area contributed by atoms with Gasteiger partial charge in [-0.1, -0.05) is 0 Å². The molecule has 1 N–H and O–H groups in total. The van der Waals surface area contributed by atoms with E-state index in [1.165, 1.54) is 26.5 Å². The van der Waals surface area contributed by atoms with Crippen molar-refractivity contribution >= 4 is 32.4 Å². The molecule has 0 aromatic carbocycles. The van der Waals surface area contributed by atoms with Crippen LogP contribution in [0.15, 0.2) is 10.2 Å². The number of nitrogens with one attached hydrogen (secondary N) is 1. The molecule has 1 unspecified atom stereocenters. The average Bonchev–Trinajstić information content (AvgIpc) is 3.12. The van der Waals surface area contributed by atoms with Crippen molar-refractivity contribution in [2.75, 3.05) is 24.7 Å². The lowest BCUT2D eigenvalue weighted by atomic mass is 9.99. The second-order valence-electron chi connectivity index (χ2n) is 6.66. The van der Waals surface area contributed by atoms with E-state index < -0.39 is 21.6 Å². The third-order valence-corrected chi connectivity index (χ3v) is 6.60. The Bertz CT molecular complexity index is 1010. The van der Waals surface area contributed by atoms with Gasteiger partial charge in [-0.2, -0.15) is 5.10 Å². The van der Waals surface area contributed by atoms with Crippen molar-refractivity contribution in [3.8, 4) is 0 Å². The van der Waals surface area contributed by atoms with E-state index in [0.717, 1.165) is 16.8 Å². The van der Waals surface area contributed by atoms with Crippen molar-refractivity contribution in [3.63, 3.8) is 0 Å². The third-order valence-electron chi connectivity index (χ3n) is 4.45. The molecule has 1 saturated heterocycles. The molecule has 148 valence electrons. The zero-order valence-corrected chi connectivity index (χ0v) is 17.0. The van der Waals surface area contributed by atoms with Gasteiger partial charge >= 0.3 is 5.69 Å². The highest BCUT2D eigenvalue weighted by atomic mass is 32.2. The van der Waals surface area contributed by atoms with Crippen LogP contribution in [0.4, 0.5) is 5.13 Å². The normalized spacial score (nSPS) is 18.6. The van der Waals surface area contributed by atoms with Gasteiger partial charge in [0.1, 0.15) is 12.4 Å². The number of thiazole rings is 1. The van der Waals surface area contributed by atoms with Gasteiger partial charge in [-0.25, -0.2) is 27.2 Å². The summed E-state index contributed by atoms with van der Waals surface area (Å²) in [6.45, 7) is 2.35. The lowest BCUT2D eigenvalue weighted by Crippen LogP contribution is -2.39. The van der Waals surface area contributed by atoms with Gasteiger partial charge in [-0.15, -0.1) is 11.3 Å². The number of anilines is 1. The Labute approximate surface area is 160 Å². The molecule has 0 radical (unpaired) electrons. The second-order valence-corrected chi connectivity index (χ2v) is 9.50. The van der Waals surface area contributed by atoms with Gasteiger partial charge in [0.05, 0.1) is 11.9 Å². The summed E-state index contributed by atoms with van der Waals surface area (Å²) in [5.41, 5.74) is 0.396. The first kappa shape index (κ1) is 19.7. The summed E-state index contributed by atoms with van der Waals surface area (Å²) in [5, 5.41) is 9.24. The first-order valence-electron chi connectivity index (χ1n) is 8.46. The van der Waals surface area contributed by atoms with E-state index in [1.807, 2.05) is 12.3 Å². The molecule has 0 aliphatic carbocycles. The van der Waals surface area contributed by atoms with Crippen LogP contribution in [0, 0.1) is 6.92 Å². The molecule has 0 spiro atoms. The van der Waals surface area contributed by atoms with Crippen LogP contribution in [-0.2, 0) is 28.4 Å². The SMILES string of the molecule is Cc1csc(NC(=O)Cn2nc(C3CCCN(S(C)(=O)=O)C3)n(C)c2=O)n1. The Morgan fingerprint density at radius 2 is 2.19 bits per heavy atom. The lowest BCUT2D eigenvalue weighted by Gasteiger charge is -2.30. The summed E-state index contributed by atoms with van der Waals surface area (Å²) in [7, 11) is -1.71. The molecule has 2 aromatic rings. The number of aryl methyl sites for hydroxylation is 1. The number of nitrogens with zero attached hydrogens (tertiary/aromatic N) is 5. The molecule has 1 amide bonds. The maximum Gasteiger partial charge on any atom is 0.346 e. The van der Waals surface area contributed by atoms with Crippen LogP contribution in [0.3, 0.4) is 0 Å². The van der Waals surface area contributed by atoms with Crippen LogP contribution >= 0.6 is 11.3 Å². The molecule has 3 heterocycles. The number of hydrogen-bond acceptors (Lipinski definition) is 7. The molecule has 1 aliphatic rings. The van der Waals surface area contributed by atoms with Gasteiger partial charge in [0.25, 0.3) is 0 Å². The molecule has 0 saturated carbocycles. The van der Waals surface area contributed by atoms with Crippen molar-refractivity contribution < 1.29 is 13.2 Å². The van der Waals surface area contributed by atoms with E-state index in [2.05, 4.69) is 15.4 Å². The van der Waals surface area contributed by atoms with Gasteiger partial charge < -0.3 is 5.32 Å². The Kier molecular flexibility index (Phi) is 5.49. The maximum absolute atomic E-state index is 12.4. The van der Waals surface area contributed by atoms with Crippen LogP contribution < -0.4 is 11.0 Å². The van der Waals surface area contributed by atoms with E-state index in [-0.39, 0.29) is 19.0 Å². The average molecular weight is 415 g/mol. The van der Waals surface area contributed by atoms with Gasteiger partial charge in [0.15, 0.2) is 5.13 Å². The molecule has 27 heavy (non-hydrogen) atoms. The number of rotatable bonds is 5. The lowest BCUT2D eigenvalue weighted by molar-refractivity contribution is -0.117. The summed E-state index contributed by atoms with van der Waals surface area (Å²) in [5.74, 6) is -0.0825. The van der Waals surface area contributed by atoms with Crippen molar-refractivity contribution in [1.82, 2.24) is 23.6 Å². The molecule has 1 aliphatic heterocycles. The molecule has 12 heteroatoms. The van der Waals surface area contributed by atoms with Crippen molar-refractivity contribution in [1.29, 1.82) is 0 Å². The Morgan fingerprint density at radius 3 is 2.81 bits per heavy atom. The van der Waals surface area contributed by atoms with Crippen LogP contribution in [0.1, 0.15) is 30.3 Å². The summed E-state index contributed by atoms with van der Waals surface area (Å²) < 4.78 is 27.5. The fourth-order valence-electron chi connectivity index (χ4n) is 3.12.